The van der Waals surface area contributed by atoms with Gasteiger partial charge in [-0.1, -0.05) is 13.8 Å². The zero-order valence-electron chi connectivity index (χ0n) is 8.48. The number of rotatable bonds is 4. The van der Waals surface area contributed by atoms with Gasteiger partial charge in [-0.05, 0) is 0 Å². The second-order valence-electron chi connectivity index (χ2n) is 3.40. The molecule has 0 heterocycles. The van der Waals surface area contributed by atoms with Crippen molar-refractivity contribution in [1.82, 2.24) is 10.2 Å². The minimum Gasteiger partial charge on any atom is -0.336 e. The maximum absolute atomic E-state index is 11.9. The molecule has 1 amide bonds. The molecule has 3 nitrogen and oxygen atoms in total. The Labute approximate surface area is 81.3 Å². The van der Waals surface area contributed by atoms with Crippen LogP contribution in [0.1, 0.15) is 13.8 Å². The van der Waals surface area contributed by atoms with Crippen LogP contribution in [0.2, 0.25) is 0 Å². The molecule has 0 aliphatic heterocycles. The van der Waals surface area contributed by atoms with Gasteiger partial charge in [0.25, 0.3) is 0 Å². The smallest absolute Gasteiger partial charge is 0.336 e. The van der Waals surface area contributed by atoms with Crippen LogP contribution in [-0.2, 0) is 4.79 Å². The molecule has 6 heteroatoms. The minimum absolute atomic E-state index is 0.0652. The van der Waals surface area contributed by atoms with Crippen LogP contribution in [0.4, 0.5) is 13.2 Å². The monoisotopic (exact) mass is 212 g/mol. The third-order valence-corrected chi connectivity index (χ3v) is 1.50. The van der Waals surface area contributed by atoms with E-state index in [-0.39, 0.29) is 12.6 Å². The molecule has 0 aliphatic rings. The molecule has 0 saturated carbocycles. The molecule has 14 heavy (non-hydrogen) atoms. The lowest BCUT2D eigenvalue weighted by atomic mass is 10.4. The summed E-state index contributed by atoms with van der Waals surface area (Å²) in [6.07, 6.45) is -4.33. The molecule has 0 spiro atoms. The van der Waals surface area contributed by atoms with Gasteiger partial charge in [0.1, 0.15) is 6.54 Å². The Hall–Kier alpha value is -0.780. The standard InChI is InChI=1S/C8H15F3N2O/c1-6(2)12-4-7(14)13(3)5-8(9,10)11/h6,12H,4-5H2,1-3H3. The zero-order chi connectivity index (χ0) is 11.4. The first-order valence-electron chi connectivity index (χ1n) is 4.26. The Morgan fingerprint density at radius 3 is 2.29 bits per heavy atom. The van der Waals surface area contributed by atoms with E-state index < -0.39 is 18.6 Å². The Bertz CT molecular complexity index is 192. The Balaban J connectivity index is 3.88. The highest BCUT2D eigenvalue weighted by Crippen LogP contribution is 2.15. The van der Waals surface area contributed by atoms with Crippen LogP contribution in [-0.4, -0.2) is 43.2 Å². The van der Waals surface area contributed by atoms with Gasteiger partial charge < -0.3 is 10.2 Å². The van der Waals surface area contributed by atoms with E-state index in [9.17, 15) is 18.0 Å². The summed E-state index contributed by atoms with van der Waals surface area (Å²) in [6.45, 7) is 2.37. The fraction of sp³-hybridized carbons (Fsp3) is 0.875. The molecule has 84 valence electrons. The Morgan fingerprint density at radius 1 is 1.43 bits per heavy atom. The average Bonchev–Trinajstić information content (AvgIpc) is 1.96. The van der Waals surface area contributed by atoms with Gasteiger partial charge >= 0.3 is 6.18 Å². The van der Waals surface area contributed by atoms with E-state index in [1.54, 1.807) is 0 Å². The van der Waals surface area contributed by atoms with Gasteiger partial charge in [0.15, 0.2) is 0 Å². The molecule has 1 N–H and O–H groups in total. The van der Waals surface area contributed by atoms with Crippen LogP contribution in [0.25, 0.3) is 0 Å². The number of alkyl halides is 3. The average molecular weight is 212 g/mol. The first kappa shape index (κ1) is 13.2. The second kappa shape index (κ2) is 5.19. The molecular formula is C8H15F3N2O. The predicted octanol–water partition coefficient (Wildman–Crippen LogP) is 1.01. The number of amides is 1. The molecule has 0 unspecified atom stereocenters. The third-order valence-electron chi connectivity index (χ3n) is 1.50. The molecule has 0 aromatic heterocycles. The topological polar surface area (TPSA) is 32.3 Å². The van der Waals surface area contributed by atoms with E-state index in [1.807, 2.05) is 13.8 Å². The summed E-state index contributed by atoms with van der Waals surface area (Å²) in [5.74, 6) is -0.559. The van der Waals surface area contributed by atoms with Crippen molar-refractivity contribution in [2.24, 2.45) is 0 Å². The number of nitrogens with one attached hydrogen (secondary N) is 1. The lowest BCUT2D eigenvalue weighted by Crippen LogP contribution is -2.42. The summed E-state index contributed by atoms with van der Waals surface area (Å²) in [4.78, 5) is 11.8. The first-order chi connectivity index (χ1) is 6.22. The van der Waals surface area contributed by atoms with Crippen LogP contribution < -0.4 is 5.32 Å². The largest absolute Gasteiger partial charge is 0.406 e. The molecule has 0 aliphatic carbocycles. The van der Waals surface area contributed by atoms with Crippen molar-refractivity contribution in [1.29, 1.82) is 0 Å². The van der Waals surface area contributed by atoms with E-state index in [0.717, 1.165) is 7.05 Å². The lowest BCUT2D eigenvalue weighted by Gasteiger charge is -2.19. The van der Waals surface area contributed by atoms with E-state index in [1.165, 1.54) is 0 Å². The number of nitrogens with zero attached hydrogens (tertiary/aromatic N) is 1. The molecule has 0 aromatic rings. The van der Waals surface area contributed by atoms with Crippen molar-refractivity contribution in [3.63, 3.8) is 0 Å². The van der Waals surface area contributed by atoms with Gasteiger partial charge in [0.2, 0.25) is 5.91 Å². The molecule has 0 fully saturated rings. The van der Waals surface area contributed by atoms with Gasteiger partial charge in [-0.25, -0.2) is 0 Å². The molecule has 0 saturated heterocycles. The van der Waals surface area contributed by atoms with E-state index in [0.29, 0.717) is 4.90 Å². The highest BCUT2D eigenvalue weighted by Gasteiger charge is 2.30. The summed E-state index contributed by atoms with van der Waals surface area (Å²) >= 11 is 0. The molecule has 0 bridgehead atoms. The molecule has 0 rings (SSSR count). The molecule has 0 atom stereocenters. The number of halogens is 3. The van der Waals surface area contributed by atoms with E-state index >= 15 is 0 Å². The van der Waals surface area contributed by atoms with Gasteiger partial charge in [-0.2, -0.15) is 13.2 Å². The van der Waals surface area contributed by atoms with Crippen LogP contribution in [0.5, 0.6) is 0 Å². The summed E-state index contributed by atoms with van der Waals surface area (Å²) < 4.78 is 35.6. The second-order valence-corrected chi connectivity index (χ2v) is 3.40. The lowest BCUT2D eigenvalue weighted by molar-refractivity contribution is -0.157. The number of likely N-dealkylation sites (N-methyl/N-ethyl adjacent to an activating group) is 1. The van der Waals surface area contributed by atoms with Crippen molar-refractivity contribution in [2.45, 2.75) is 26.1 Å². The van der Waals surface area contributed by atoms with E-state index in [2.05, 4.69) is 5.32 Å². The number of carbonyl (C=O) groups excluding carboxylic acids is 1. The van der Waals surface area contributed by atoms with Gasteiger partial charge in [-0.3, -0.25) is 4.79 Å². The highest BCUT2D eigenvalue weighted by molar-refractivity contribution is 5.78. The van der Waals surface area contributed by atoms with Crippen LogP contribution >= 0.6 is 0 Å². The SMILES string of the molecule is CC(C)NCC(=O)N(C)CC(F)(F)F. The zero-order valence-corrected chi connectivity index (χ0v) is 8.48. The van der Waals surface area contributed by atoms with Crippen LogP contribution in [0.15, 0.2) is 0 Å². The van der Waals surface area contributed by atoms with Crippen molar-refractivity contribution in [3.8, 4) is 0 Å². The quantitative estimate of drug-likeness (QED) is 0.754. The van der Waals surface area contributed by atoms with Crippen LogP contribution in [0, 0.1) is 0 Å². The summed E-state index contributed by atoms with van der Waals surface area (Å²) in [5.41, 5.74) is 0. The molecular weight excluding hydrogens is 197 g/mol. The van der Waals surface area contributed by atoms with Crippen LogP contribution in [0.3, 0.4) is 0 Å². The highest BCUT2D eigenvalue weighted by atomic mass is 19.4. The minimum atomic E-state index is -4.33. The van der Waals surface area contributed by atoms with Crippen molar-refractivity contribution < 1.29 is 18.0 Å². The van der Waals surface area contributed by atoms with Crippen molar-refractivity contribution in [3.05, 3.63) is 0 Å². The number of hydrogen-bond acceptors (Lipinski definition) is 2. The van der Waals surface area contributed by atoms with Gasteiger partial charge in [0.05, 0.1) is 6.54 Å². The summed E-state index contributed by atoms with van der Waals surface area (Å²) in [5, 5.41) is 2.75. The Morgan fingerprint density at radius 2 is 1.93 bits per heavy atom. The van der Waals surface area contributed by atoms with Gasteiger partial charge in [0, 0.05) is 13.1 Å². The molecule has 0 radical (unpaired) electrons. The van der Waals surface area contributed by atoms with Crippen molar-refractivity contribution >= 4 is 5.91 Å². The van der Waals surface area contributed by atoms with Crippen molar-refractivity contribution in [2.75, 3.05) is 20.1 Å². The predicted molar refractivity (Wildman–Crippen MR) is 46.8 cm³/mol. The van der Waals surface area contributed by atoms with E-state index in [4.69, 9.17) is 0 Å². The third kappa shape index (κ3) is 6.71. The maximum Gasteiger partial charge on any atom is 0.406 e. The van der Waals surface area contributed by atoms with Gasteiger partial charge in [-0.15, -0.1) is 0 Å². The fourth-order valence-corrected chi connectivity index (χ4v) is 0.783. The maximum atomic E-state index is 11.9. The molecule has 0 aromatic carbocycles. The Kier molecular flexibility index (Phi) is 4.90. The fourth-order valence-electron chi connectivity index (χ4n) is 0.783. The number of hydrogen-bond donors (Lipinski definition) is 1. The first-order valence-corrected chi connectivity index (χ1v) is 4.26. The number of carbonyl (C=O) groups is 1. The summed E-state index contributed by atoms with van der Waals surface area (Å²) in [6, 6.07) is 0.0817. The normalized spacial score (nSPS) is 11.9. The summed E-state index contributed by atoms with van der Waals surface area (Å²) in [7, 11) is 1.14.